The number of ether oxygens (including phenoxy) is 1. The molecule has 114 valence electrons. The Balaban J connectivity index is 1.46. The highest BCUT2D eigenvalue weighted by atomic mass is 16.5. The number of nitrogens with one attached hydrogen (secondary N) is 1. The van der Waals surface area contributed by atoms with Gasteiger partial charge in [-0.2, -0.15) is 0 Å². The molecule has 0 aliphatic carbocycles. The second kappa shape index (κ2) is 6.51. The molecule has 2 saturated heterocycles. The number of likely N-dealkylation sites (tertiary alicyclic amines) is 1. The van der Waals surface area contributed by atoms with Gasteiger partial charge in [-0.1, -0.05) is 0 Å². The number of rotatable bonds is 4. The molecular weight excluding hydrogens is 268 g/mol. The van der Waals surface area contributed by atoms with E-state index in [1.807, 2.05) is 6.07 Å². The van der Waals surface area contributed by atoms with E-state index >= 15 is 0 Å². The average molecular weight is 290 g/mol. The molecule has 0 amide bonds. The standard InChI is InChI=1S/C15H22N4O2/c1-21-15(20)12-2-3-13(17-8-12)9-18-10-14(11-18)19-6-4-16-5-7-19/h2-3,8,14,16H,4-7,9-11H2,1H3. The fraction of sp³-hybridized carbons (Fsp3) is 0.600. The van der Waals surface area contributed by atoms with Crippen molar-refractivity contribution in [1.29, 1.82) is 0 Å². The third kappa shape index (κ3) is 3.40. The quantitative estimate of drug-likeness (QED) is 0.785. The first-order valence-corrected chi connectivity index (χ1v) is 7.46. The summed E-state index contributed by atoms with van der Waals surface area (Å²) >= 11 is 0. The lowest BCUT2D eigenvalue weighted by atomic mass is 10.1. The summed E-state index contributed by atoms with van der Waals surface area (Å²) in [6.45, 7) is 7.60. The van der Waals surface area contributed by atoms with Crippen molar-refractivity contribution in [2.75, 3.05) is 46.4 Å². The van der Waals surface area contributed by atoms with Crippen LogP contribution in [0.2, 0.25) is 0 Å². The van der Waals surface area contributed by atoms with Gasteiger partial charge in [0.15, 0.2) is 0 Å². The van der Waals surface area contributed by atoms with Gasteiger partial charge in [0.2, 0.25) is 0 Å². The first-order chi connectivity index (χ1) is 10.3. The molecule has 6 nitrogen and oxygen atoms in total. The summed E-state index contributed by atoms with van der Waals surface area (Å²) < 4.78 is 4.67. The summed E-state index contributed by atoms with van der Waals surface area (Å²) in [5.41, 5.74) is 1.50. The molecular formula is C15H22N4O2. The van der Waals surface area contributed by atoms with Gasteiger partial charge in [-0.05, 0) is 12.1 Å². The topological polar surface area (TPSA) is 57.7 Å². The summed E-state index contributed by atoms with van der Waals surface area (Å²) in [6, 6.07) is 4.38. The molecule has 2 fully saturated rings. The Kier molecular flexibility index (Phi) is 4.48. The SMILES string of the molecule is COC(=O)c1ccc(CN2CC(N3CCNCC3)C2)nc1. The molecule has 0 unspecified atom stereocenters. The zero-order valence-electron chi connectivity index (χ0n) is 12.4. The molecule has 6 heteroatoms. The maximum atomic E-state index is 11.3. The van der Waals surface area contributed by atoms with Crippen LogP contribution in [0.15, 0.2) is 18.3 Å². The van der Waals surface area contributed by atoms with E-state index in [0.717, 1.165) is 51.5 Å². The molecule has 0 bridgehead atoms. The monoisotopic (exact) mass is 290 g/mol. The van der Waals surface area contributed by atoms with Crippen LogP contribution in [0.25, 0.3) is 0 Å². The van der Waals surface area contributed by atoms with Crippen molar-refractivity contribution in [1.82, 2.24) is 20.1 Å². The van der Waals surface area contributed by atoms with E-state index in [-0.39, 0.29) is 5.97 Å². The molecule has 1 aromatic rings. The third-order valence-electron chi connectivity index (χ3n) is 4.24. The minimum Gasteiger partial charge on any atom is -0.465 e. The van der Waals surface area contributed by atoms with Crippen LogP contribution in [0.1, 0.15) is 16.1 Å². The lowest BCUT2D eigenvalue weighted by Gasteiger charge is -2.46. The Hall–Kier alpha value is -1.50. The molecule has 0 radical (unpaired) electrons. The van der Waals surface area contributed by atoms with Crippen LogP contribution in [0.5, 0.6) is 0 Å². The average Bonchev–Trinajstić information content (AvgIpc) is 2.51. The Bertz CT molecular complexity index is 479. The zero-order valence-corrected chi connectivity index (χ0v) is 12.4. The van der Waals surface area contributed by atoms with Gasteiger partial charge in [0.05, 0.1) is 18.4 Å². The Morgan fingerprint density at radius 2 is 2.14 bits per heavy atom. The van der Waals surface area contributed by atoms with Gasteiger partial charge in [0, 0.05) is 58.1 Å². The number of carbonyl (C=O) groups is 1. The predicted molar refractivity (Wildman–Crippen MR) is 79.1 cm³/mol. The van der Waals surface area contributed by atoms with E-state index in [1.165, 1.54) is 7.11 Å². The van der Waals surface area contributed by atoms with Crippen LogP contribution in [0.4, 0.5) is 0 Å². The van der Waals surface area contributed by atoms with Crippen LogP contribution >= 0.6 is 0 Å². The van der Waals surface area contributed by atoms with Gasteiger partial charge < -0.3 is 10.1 Å². The Morgan fingerprint density at radius 1 is 1.38 bits per heavy atom. The number of aromatic nitrogens is 1. The number of nitrogens with zero attached hydrogens (tertiary/aromatic N) is 3. The summed E-state index contributed by atoms with van der Waals surface area (Å²) in [5.74, 6) is -0.336. The second-order valence-electron chi connectivity index (χ2n) is 5.66. The fourth-order valence-corrected chi connectivity index (χ4v) is 2.94. The predicted octanol–water partition coefficient (Wildman–Crippen LogP) is -0.0424. The Labute approximate surface area is 125 Å². The highest BCUT2D eigenvalue weighted by Crippen LogP contribution is 2.17. The van der Waals surface area contributed by atoms with E-state index in [4.69, 9.17) is 0 Å². The van der Waals surface area contributed by atoms with E-state index in [9.17, 15) is 4.79 Å². The first-order valence-electron chi connectivity index (χ1n) is 7.46. The lowest BCUT2D eigenvalue weighted by molar-refractivity contribution is 0.0216. The highest BCUT2D eigenvalue weighted by molar-refractivity contribution is 5.88. The van der Waals surface area contributed by atoms with Crippen molar-refractivity contribution in [3.63, 3.8) is 0 Å². The van der Waals surface area contributed by atoms with Crippen LogP contribution < -0.4 is 5.32 Å². The molecule has 1 aromatic heterocycles. The van der Waals surface area contributed by atoms with Crippen molar-refractivity contribution >= 4 is 5.97 Å². The normalized spacial score (nSPS) is 21.0. The van der Waals surface area contributed by atoms with E-state index in [0.29, 0.717) is 11.6 Å². The first kappa shape index (κ1) is 14.4. The lowest BCUT2D eigenvalue weighted by Crippen LogP contribution is -2.62. The molecule has 2 aliphatic heterocycles. The number of piperazine rings is 1. The summed E-state index contributed by atoms with van der Waals surface area (Å²) in [4.78, 5) is 20.7. The minimum atomic E-state index is -0.336. The maximum Gasteiger partial charge on any atom is 0.339 e. The molecule has 3 rings (SSSR count). The van der Waals surface area contributed by atoms with Gasteiger partial charge >= 0.3 is 5.97 Å². The van der Waals surface area contributed by atoms with Gasteiger partial charge in [0.1, 0.15) is 0 Å². The number of carbonyl (C=O) groups excluding carboxylic acids is 1. The molecule has 0 saturated carbocycles. The van der Waals surface area contributed by atoms with Crippen molar-refractivity contribution < 1.29 is 9.53 Å². The smallest absolute Gasteiger partial charge is 0.339 e. The number of methoxy groups -OCH3 is 1. The number of esters is 1. The van der Waals surface area contributed by atoms with Crippen molar-refractivity contribution in [3.8, 4) is 0 Å². The fourth-order valence-electron chi connectivity index (χ4n) is 2.94. The van der Waals surface area contributed by atoms with E-state index in [2.05, 4.69) is 24.8 Å². The molecule has 3 heterocycles. The molecule has 2 aliphatic rings. The van der Waals surface area contributed by atoms with Crippen molar-refractivity contribution in [3.05, 3.63) is 29.6 Å². The largest absolute Gasteiger partial charge is 0.465 e. The van der Waals surface area contributed by atoms with E-state index < -0.39 is 0 Å². The summed E-state index contributed by atoms with van der Waals surface area (Å²) in [5, 5.41) is 3.38. The second-order valence-corrected chi connectivity index (χ2v) is 5.66. The number of hydrogen-bond acceptors (Lipinski definition) is 6. The van der Waals surface area contributed by atoms with Crippen molar-refractivity contribution in [2.24, 2.45) is 0 Å². The van der Waals surface area contributed by atoms with E-state index in [1.54, 1.807) is 12.3 Å². The summed E-state index contributed by atoms with van der Waals surface area (Å²) in [6.07, 6.45) is 1.59. The van der Waals surface area contributed by atoms with Crippen molar-refractivity contribution in [2.45, 2.75) is 12.6 Å². The van der Waals surface area contributed by atoms with Gasteiger partial charge in [-0.25, -0.2) is 4.79 Å². The molecule has 1 N–H and O–H groups in total. The van der Waals surface area contributed by atoms with Gasteiger partial charge in [0.25, 0.3) is 0 Å². The number of pyridine rings is 1. The van der Waals surface area contributed by atoms with Gasteiger partial charge in [-0.15, -0.1) is 0 Å². The highest BCUT2D eigenvalue weighted by Gasteiger charge is 2.32. The van der Waals surface area contributed by atoms with Crippen LogP contribution in [-0.4, -0.2) is 73.2 Å². The minimum absolute atomic E-state index is 0.336. The summed E-state index contributed by atoms with van der Waals surface area (Å²) in [7, 11) is 1.38. The van der Waals surface area contributed by atoms with Crippen LogP contribution in [-0.2, 0) is 11.3 Å². The Morgan fingerprint density at radius 3 is 2.76 bits per heavy atom. The zero-order chi connectivity index (χ0) is 14.7. The van der Waals surface area contributed by atoms with Gasteiger partial charge in [-0.3, -0.25) is 14.8 Å². The molecule has 21 heavy (non-hydrogen) atoms. The molecule has 0 aromatic carbocycles. The maximum absolute atomic E-state index is 11.3. The molecule has 0 atom stereocenters. The van der Waals surface area contributed by atoms with Crippen LogP contribution in [0.3, 0.4) is 0 Å². The van der Waals surface area contributed by atoms with Crippen LogP contribution in [0, 0.1) is 0 Å². The third-order valence-corrected chi connectivity index (χ3v) is 4.24. The number of hydrogen-bond donors (Lipinski definition) is 1. The molecule has 0 spiro atoms.